The predicted octanol–water partition coefficient (Wildman–Crippen LogP) is 3.48. The van der Waals surface area contributed by atoms with Crippen LogP contribution in [0.5, 0.6) is 17.2 Å². The van der Waals surface area contributed by atoms with Crippen LogP contribution < -0.4 is 19.5 Å². The molecule has 26 heavy (non-hydrogen) atoms. The Labute approximate surface area is 151 Å². The highest BCUT2D eigenvalue weighted by Gasteiger charge is 2.13. The van der Waals surface area contributed by atoms with Gasteiger partial charge in [-0.15, -0.1) is 0 Å². The molecule has 136 valence electrons. The van der Waals surface area contributed by atoms with Crippen LogP contribution >= 0.6 is 0 Å². The van der Waals surface area contributed by atoms with Crippen LogP contribution in [0.15, 0.2) is 48.5 Å². The molecule has 0 saturated heterocycles. The Morgan fingerprint density at radius 3 is 2.77 bits per heavy atom. The van der Waals surface area contributed by atoms with Crippen LogP contribution in [-0.2, 0) is 11.3 Å². The third-order valence-corrected chi connectivity index (χ3v) is 3.76. The standard InChI is InChI=1S/C20H20FNO4/c21-10-1-11-24-17-6-2-15(3-7-17)5-9-20(23)22-13-16-4-8-18-19(12-16)26-14-25-18/h2-9,12H,1,10-11,13-14H2,(H,22,23)/b9-5+. The van der Waals surface area contributed by atoms with Gasteiger partial charge in [0.15, 0.2) is 11.5 Å². The molecule has 5 nitrogen and oxygen atoms in total. The molecule has 0 saturated carbocycles. The molecule has 1 amide bonds. The molecule has 2 aromatic rings. The lowest BCUT2D eigenvalue weighted by atomic mass is 10.2. The molecule has 3 rings (SSSR count). The SMILES string of the molecule is O=C(/C=C/c1ccc(OCCCF)cc1)NCc1ccc2c(c1)OCO2. The molecular weight excluding hydrogens is 337 g/mol. The van der Waals surface area contributed by atoms with Crippen molar-refractivity contribution in [2.45, 2.75) is 13.0 Å². The molecule has 1 heterocycles. The molecular formula is C20H20FNO4. The second kappa shape index (κ2) is 8.89. The number of alkyl halides is 1. The summed E-state index contributed by atoms with van der Waals surface area (Å²) >= 11 is 0. The molecule has 1 aliphatic heterocycles. The van der Waals surface area contributed by atoms with E-state index < -0.39 is 0 Å². The van der Waals surface area contributed by atoms with Crippen molar-refractivity contribution < 1.29 is 23.4 Å². The molecule has 1 aliphatic rings. The van der Waals surface area contributed by atoms with Crippen LogP contribution in [0, 0.1) is 0 Å². The second-order valence-electron chi connectivity index (χ2n) is 5.70. The van der Waals surface area contributed by atoms with Gasteiger partial charge in [0.1, 0.15) is 5.75 Å². The summed E-state index contributed by atoms with van der Waals surface area (Å²) in [6, 6.07) is 12.8. The molecule has 0 fully saturated rings. The van der Waals surface area contributed by atoms with E-state index in [4.69, 9.17) is 14.2 Å². The average molecular weight is 357 g/mol. The first-order chi connectivity index (χ1) is 12.7. The third-order valence-electron chi connectivity index (χ3n) is 3.76. The molecule has 0 atom stereocenters. The summed E-state index contributed by atoms with van der Waals surface area (Å²) in [5.74, 6) is 1.91. The summed E-state index contributed by atoms with van der Waals surface area (Å²) in [7, 11) is 0. The first kappa shape index (κ1) is 17.8. The number of ether oxygens (including phenoxy) is 3. The fourth-order valence-corrected chi connectivity index (χ4v) is 2.39. The zero-order valence-corrected chi connectivity index (χ0v) is 14.2. The lowest BCUT2D eigenvalue weighted by molar-refractivity contribution is -0.116. The number of hydrogen-bond donors (Lipinski definition) is 1. The lowest BCUT2D eigenvalue weighted by Crippen LogP contribution is -2.20. The van der Waals surface area contributed by atoms with Crippen LogP contribution in [0.2, 0.25) is 0 Å². The van der Waals surface area contributed by atoms with Crippen LogP contribution in [0.3, 0.4) is 0 Å². The van der Waals surface area contributed by atoms with Gasteiger partial charge in [-0.3, -0.25) is 9.18 Å². The first-order valence-electron chi connectivity index (χ1n) is 8.38. The molecule has 1 N–H and O–H groups in total. The molecule has 2 aromatic carbocycles. The summed E-state index contributed by atoms with van der Waals surface area (Å²) in [5, 5.41) is 2.82. The quantitative estimate of drug-likeness (QED) is 0.580. The number of amides is 1. The summed E-state index contributed by atoms with van der Waals surface area (Å²) < 4.78 is 28.0. The van der Waals surface area contributed by atoms with Gasteiger partial charge in [0, 0.05) is 19.0 Å². The topological polar surface area (TPSA) is 56.8 Å². The van der Waals surface area contributed by atoms with Crippen molar-refractivity contribution in [2.75, 3.05) is 20.1 Å². The third kappa shape index (κ3) is 4.99. The highest BCUT2D eigenvalue weighted by Crippen LogP contribution is 2.32. The van der Waals surface area contributed by atoms with Crippen molar-refractivity contribution in [3.05, 3.63) is 59.7 Å². The maximum atomic E-state index is 12.0. The van der Waals surface area contributed by atoms with Crippen LogP contribution in [0.4, 0.5) is 4.39 Å². The van der Waals surface area contributed by atoms with Gasteiger partial charge >= 0.3 is 0 Å². The summed E-state index contributed by atoms with van der Waals surface area (Å²) in [4.78, 5) is 12.0. The van der Waals surface area contributed by atoms with E-state index in [1.165, 1.54) is 6.08 Å². The maximum absolute atomic E-state index is 12.0. The van der Waals surface area contributed by atoms with E-state index in [-0.39, 0.29) is 19.4 Å². The average Bonchev–Trinajstić information content (AvgIpc) is 3.14. The van der Waals surface area contributed by atoms with E-state index in [0.29, 0.717) is 31.1 Å². The summed E-state index contributed by atoms with van der Waals surface area (Å²) in [6.45, 7) is 0.602. The fourth-order valence-electron chi connectivity index (χ4n) is 2.39. The van der Waals surface area contributed by atoms with Crippen LogP contribution in [0.1, 0.15) is 17.5 Å². The smallest absolute Gasteiger partial charge is 0.244 e. The van der Waals surface area contributed by atoms with Gasteiger partial charge in [0.2, 0.25) is 12.7 Å². The van der Waals surface area contributed by atoms with E-state index in [2.05, 4.69) is 5.32 Å². The van der Waals surface area contributed by atoms with Gasteiger partial charge in [-0.1, -0.05) is 18.2 Å². The Morgan fingerprint density at radius 2 is 1.96 bits per heavy atom. The number of halogens is 1. The van der Waals surface area contributed by atoms with Gasteiger partial charge in [0.05, 0.1) is 13.3 Å². The molecule has 0 aliphatic carbocycles. The number of carbonyl (C=O) groups excluding carboxylic acids is 1. The zero-order chi connectivity index (χ0) is 18.2. The number of nitrogens with one attached hydrogen (secondary N) is 1. The molecule has 0 radical (unpaired) electrons. The minimum Gasteiger partial charge on any atom is -0.493 e. The predicted molar refractivity (Wildman–Crippen MR) is 96.0 cm³/mol. The van der Waals surface area contributed by atoms with Crippen LogP contribution in [0.25, 0.3) is 6.08 Å². The number of hydrogen-bond acceptors (Lipinski definition) is 4. The van der Waals surface area contributed by atoms with Crippen molar-refractivity contribution >= 4 is 12.0 Å². The Kier molecular flexibility index (Phi) is 6.09. The van der Waals surface area contributed by atoms with Crippen molar-refractivity contribution in [3.8, 4) is 17.2 Å². The minimum atomic E-state index is -0.387. The normalized spacial score (nSPS) is 12.3. The number of benzene rings is 2. The highest BCUT2D eigenvalue weighted by molar-refractivity contribution is 5.91. The number of rotatable bonds is 8. The fraction of sp³-hybridized carbons (Fsp3) is 0.250. The lowest BCUT2D eigenvalue weighted by Gasteiger charge is -2.05. The van der Waals surface area contributed by atoms with E-state index in [1.54, 1.807) is 18.2 Å². The van der Waals surface area contributed by atoms with Crippen LogP contribution in [-0.4, -0.2) is 26.0 Å². The zero-order valence-electron chi connectivity index (χ0n) is 14.2. The van der Waals surface area contributed by atoms with Gasteiger partial charge in [-0.25, -0.2) is 0 Å². The summed E-state index contributed by atoms with van der Waals surface area (Å²) in [6.07, 6.45) is 3.58. The largest absolute Gasteiger partial charge is 0.493 e. The molecule has 0 aromatic heterocycles. The number of fused-ring (bicyclic) bond motifs is 1. The first-order valence-corrected chi connectivity index (χ1v) is 8.38. The Bertz CT molecular complexity index is 774. The van der Waals surface area contributed by atoms with Gasteiger partial charge < -0.3 is 19.5 Å². The number of carbonyl (C=O) groups is 1. The summed E-state index contributed by atoms with van der Waals surface area (Å²) in [5.41, 5.74) is 1.81. The van der Waals surface area contributed by atoms with Gasteiger partial charge in [-0.2, -0.15) is 0 Å². The van der Waals surface area contributed by atoms with Gasteiger partial charge in [-0.05, 0) is 41.5 Å². The van der Waals surface area contributed by atoms with Crippen molar-refractivity contribution in [1.29, 1.82) is 0 Å². The molecule has 6 heteroatoms. The van der Waals surface area contributed by atoms with E-state index in [9.17, 15) is 9.18 Å². The Morgan fingerprint density at radius 1 is 1.15 bits per heavy atom. The monoisotopic (exact) mass is 357 g/mol. The Hall–Kier alpha value is -3.02. The van der Waals surface area contributed by atoms with Gasteiger partial charge in [0.25, 0.3) is 0 Å². The van der Waals surface area contributed by atoms with E-state index in [1.807, 2.05) is 30.3 Å². The molecule has 0 bridgehead atoms. The Balaban J connectivity index is 1.46. The highest BCUT2D eigenvalue weighted by atomic mass is 19.1. The van der Waals surface area contributed by atoms with Crippen molar-refractivity contribution in [2.24, 2.45) is 0 Å². The van der Waals surface area contributed by atoms with E-state index in [0.717, 1.165) is 16.9 Å². The van der Waals surface area contributed by atoms with Crippen molar-refractivity contribution in [3.63, 3.8) is 0 Å². The maximum Gasteiger partial charge on any atom is 0.244 e. The second-order valence-corrected chi connectivity index (χ2v) is 5.70. The molecule has 0 unspecified atom stereocenters. The van der Waals surface area contributed by atoms with Crippen molar-refractivity contribution in [1.82, 2.24) is 5.32 Å². The molecule has 0 spiro atoms. The minimum absolute atomic E-state index is 0.189. The van der Waals surface area contributed by atoms with E-state index >= 15 is 0 Å².